The van der Waals surface area contributed by atoms with Gasteiger partial charge < -0.3 is 5.73 Å². The molecule has 0 spiro atoms. The summed E-state index contributed by atoms with van der Waals surface area (Å²) in [4.78, 5) is 0. The molecule has 7 heteroatoms. The van der Waals surface area contributed by atoms with Crippen molar-refractivity contribution in [3.63, 3.8) is 0 Å². The summed E-state index contributed by atoms with van der Waals surface area (Å²) in [7, 11) is -4.67. The molecule has 1 rings (SSSR count). The number of hydrogen-bond donors (Lipinski definition) is 3. The summed E-state index contributed by atoms with van der Waals surface area (Å²) >= 11 is 0. The van der Waals surface area contributed by atoms with Gasteiger partial charge in [0, 0.05) is 31.9 Å². The maximum absolute atomic E-state index is 8.74. The van der Waals surface area contributed by atoms with E-state index in [0.717, 1.165) is 6.42 Å². The van der Waals surface area contributed by atoms with Crippen LogP contribution in [0.5, 0.6) is 0 Å². The van der Waals surface area contributed by atoms with E-state index in [1.165, 1.54) is 5.56 Å². The summed E-state index contributed by atoms with van der Waals surface area (Å²) < 4.78 is 31.6. The van der Waals surface area contributed by atoms with E-state index in [1.54, 1.807) is 0 Å². The van der Waals surface area contributed by atoms with Crippen molar-refractivity contribution in [1.29, 1.82) is 0 Å². The Labute approximate surface area is 114 Å². The molecule has 0 amide bonds. The molecule has 4 N–H and O–H groups in total. The first-order valence-corrected chi connectivity index (χ1v) is 5.68. The fourth-order valence-corrected chi connectivity index (χ4v) is 0.986. The second-order valence-electron chi connectivity index (χ2n) is 3.11. The molecule has 0 heterocycles. The van der Waals surface area contributed by atoms with Gasteiger partial charge in [-0.3, -0.25) is 9.11 Å². The van der Waals surface area contributed by atoms with E-state index in [-0.39, 0.29) is 31.9 Å². The van der Waals surface area contributed by atoms with E-state index in [4.69, 9.17) is 23.3 Å². The van der Waals surface area contributed by atoms with Gasteiger partial charge >= 0.3 is 10.4 Å². The summed E-state index contributed by atoms with van der Waals surface area (Å²) in [6.07, 6.45) is 0.973. The van der Waals surface area contributed by atoms with Gasteiger partial charge in [-0.2, -0.15) is 8.42 Å². The Morgan fingerprint density at radius 3 is 1.94 bits per heavy atom. The average Bonchev–Trinajstić information content (AvgIpc) is 2.01. The van der Waals surface area contributed by atoms with Crippen molar-refractivity contribution in [2.75, 3.05) is 0 Å². The molecular weight excluding hydrogens is 397 g/mol. The van der Waals surface area contributed by atoms with E-state index >= 15 is 0 Å². The molecule has 16 heavy (non-hydrogen) atoms. The molecule has 1 aromatic rings. The van der Waals surface area contributed by atoms with Crippen LogP contribution in [0.3, 0.4) is 0 Å². The molecule has 0 saturated heterocycles. The molecule has 0 radical (unpaired) electrons. The van der Waals surface area contributed by atoms with Crippen LogP contribution < -0.4 is 5.73 Å². The minimum Gasteiger partial charge on any atom is -0.328 e. The molecule has 0 unspecified atom stereocenters. The van der Waals surface area contributed by atoms with Crippen molar-refractivity contribution >= 4 is 10.4 Å². The summed E-state index contributed by atoms with van der Waals surface area (Å²) in [5.74, 6) is 0. The topological polar surface area (TPSA) is 101 Å². The van der Waals surface area contributed by atoms with Crippen molar-refractivity contribution in [2.45, 2.75) is 19.4 Å². The minimum atomic E-state index is -4.67. The van der Waals surface area contributed by atoms with Gasteiger partial charge in [0.05, 0.1) is 0 Å². The fourth-order valence-electron chi connectivity index (χ4n) is 0.986. The molecule has 5 nitrogen and oxygen atoms in total. The van der Waals surface area contributed by atoms with Gasteiger partial charge in [-0.25, -0.2) is 0 Å². The third-order valence-corrected chi connectivity index (χ3v) is 1.40. The molecule has 0 fully saturated rings. The molecule has 1 aromatic carbocycles. The van der Waals surface area contributed by atoms with Crippen LogP contribution in [0.4, 0.5) is 0 Å². The van der Waals surface area contributed by atoms with Crippen molar-refractivity contribution in [3.05, 3.63) is 35.9 Å². The molecule has 90 valence electrons. The first-order valence-electron chi connectivity index (χ1n) is 4.28. The van der Waals surface area contributed by atoms with Crippen LogP contribution in [0.15, 0.2) is 30.3 Å². The molecule has 1 atom stereocenters. The Balaban J connectivity index is 0. The first-order chi connectivity index (χ1) is 6.79. The SMILES string of the molecule is C[C@H](N)Cc1ccccc1.O=S(=O)(O)O.[Hf]. The third kappa shape index (κ3) is 16.4. The van der Waals surface area contributed by atoms with Crippen molar-refractivity contribution in [3.8, 4) is 0 Å². The van der Waals surface area contributed by atoms with Crippen LogP contribution >= 0.6 is 0 Å². The summed E-state index contributed by atoms with van der Waals surface area (Å²) in [6, 6.07) is 10.6. The van der Waals surface area contributed by atoms with Gasteiger partial charge in [-0.05, 0) is 18.9 Å². The first kappa shape index (κ1) is 18.3. The second-order valence-corrected chi connectivity index (χ2v) is 4.01. The van der Waals surface area contributed by atoms with Crippen LogP contribution in [0, 0.1) is 0 Å². The minimum absolute atomic E-state index is 0. The third-order valence-electron chi connectivity index (χ3n) is 1.40. The standard InChI is InChI=1S/C9H13N.Hf.H2O4S/c1-8(10)7-9-5-3-2-4-6-9;;1-5(2,3)4/h2-6,8H,7,10H2,1H3;;(H2,1,2,3,4)/t8-;;/m0../s1. The quantitative estimate of drug-likeness (QED) is 0.496. The van der Waals surface area contributed by atoms with E-state index < -0.39 is 10.4 Å². The van der Waals surface area contributed by atoms with Crippen LogP contribution in [0.1, 0.15) is 12.5 Å². The maximum atomic E-state index is 8.74. The van der Waals surface area contributed by atoms with Crippen LogP contribution in [-0.2, 0) is 42.7 Å². The van der Waals surface area contributed by atoms with Crippen LogP contribution in [-0.4, -0.2) is 23.6 Å². The van der Waals surface area contributed by atoms with E-state index in [9.17, 15) is 0 Å². The molecule has 0 aromatic heterocycles. The summed E-state index contributed by atoms with van der Waals surface area (Å²) in [5.41, 5.74) is 6.94. The number of rotatable bonds is 2. The van der Waals surface area contributed by atoms with E-state index in [2.05, 4.69) is 12.1 Å². The van der Waals surface area contributed by atoms with Gasteiger partial charge in [0.15, 0.2) is 0 Å². The Kier molecular flexibility index (Phi) is 10.3. The summed E-state index contributed by atoms with van der Waals surface area (Å²) in [5, 5.41) is 0. The summed E-state index contributed by atoms with van der Waals surface area (Å²) in [6.45, 7) is 2.02. The van der Waals surface area contributed by atoms with Crippen molar-refractivity contribution in [2.24, 2.45) is 5.73 Å². The zero-order valence-corrected chi connectivity index (χ0v) is 13.3. The molecule has 0 aliphatic heterocycles. The van der Waals surface area contributed by atoms with E-state index in [1.807, 2.05) is 25.1 Å². The fraction of sp³-hybridized carbons (Fsp3) is 0.333. The smallest absolute Gasteiger partial charge is 0.328 e. The Morgan fingerprint density at radius 2 is 1.62 bits per heavy atom. The van der Waals surface area contributed by atoms with Gasteiger partial charge in [-0.1, -0.05) is 30.3 Å². The van der Waals surface area contributed by atoms with Gasteiger partial charge in [0.1, 0.15) is 0 Å². The predicted molar refractivity (Wildman–Crippen MR) is 58.0 cm³/mol. The van der Waals surface area contributed by atoms with Gasteiger partial charge in [0.25, 0.3) is 0 Å². The van der Waals surface area contributed by atoms with Crippen molar-refractivity contribution < 1.29 is 43.4 Å². The number of benzene rings is 1. The Morgan fingerprint density at radius 1 is 1.25 bits per heavy atom. The maximum Gasteiger partial charge on any atom is 0.394 e. The largest absolute Gasteiger partial charge is 0.394 e. The number of nitrogens with two attached hydrogens (primary N) is 1. The predicted octanol–water partition coefficient (Wildman–Crippen LogP) is 0.921. The van der Waals surface area contributed by atoms with Crippen molar-refractivity contribution in [1.82, 2.24) is 0 Å². The zero-order valence-electron chi connectivity index (χ0n) is 8.87. The van der Waals surface area contributed by atoms with Crippen LogP contribution in [0.2, 0.25) is 0 Å². The molecule has 0 saturated carbocycles. The monoisotopic (exact) mass is 413 g/mol. The average molecular weight is 412 g/mol. The second kappa shape index (κ2) is 9.00. The zero-order chi connectivity index (χ0) is 11.9. The Hall–Kier alpha value is -0.0799. The normalized spacial score (nSPS) is 11.8. The van der Waals surface area contributed by atoms with E-state index in [0.29, 0.717) is 0 Å². The van der Waals surface area contributed by atoms with Crippen LogP contribution in [0.25, 0.3) is 0 Å². The van der Waals surface area contributed by atoms with Gasteiger partial charge in [-0.15, -0.1) is 0 Å². The van der Waals surface area contributed by atoms with Gasteiger partial charge in [0.2, 0.25) is 0 Å². The molecule has 0 aliphatic rings. The molecule has 0 bridgehead atoms. The Bertz CT molecular complexity index is 358. The number of hydrogen-bond acceptors (Lipinski definition) is 3. The molecule has 0 aliphatic carbocycles. The molecular formula is C9H15HfNO4S.